The van der Waals surface area contributed by atoms with Crippen molar-refractivity contribution in [3.63, 3.8) is 0 Å². The number of phenolic OH excluding ortho intramolecular Hbond substituents is 1. The second-order valence-corrected chi connectivity index (χ2v) is 7.57. The first-order chi connectivity index (χ1) is 13.5. The molecular formula is C21H19N3O3S. The first-order valence-electron chi connectivity index (χ1n) is 9.07. The number of aromatic hydroxyl groups is 1. The van der Waals surface area contributed by atoms with Crippen LogP contribution in [-0.4, -0.2) is 51.1 Å². The van der Waals surface area contributed by atoms with Crippen molar-refractivity contribution in [1.29, 1.82) is 0 Å². The molecule has 2 N–H and O–H groups in total. The number of hydrogen-bond donors (Lipinski definition) is 2. The van der Waals surface area contributed by atoms with E-state index in [1.54, 1.807) is 18.0 Å². The van der Waals surface area contributed by atoms with Crippen molar-refractivity contribution in [2.24, 2.45) is 0 Å². The number of likely N-dealkylation sites (N-methyl/N-ethyl adjacent to an activating group) is 1. The summed E-state index contributed by atoms with van der Waals surface area (Å²) in [5, 5.41) is 11.7. The van der Waals surface area contributed by atoms with E-state index in [9.17, 15) is 9.90 Å². The fourth-order valence-corrected chi connectivity index (χ4v) is 4.74. The Kier molecular flexibility index (Phi) is 3.64. The molecule has 0 radical (unpaired) electrons. The van der Waals surface area contributed by atoms with Crippen LogP contribution in [0.1, 0.15) is 22.9 Å². The fraction of sp³-hybridized carbons (Fsp3) is 0.238. The predicted molar refractivity (Wildman–Crippen MR) is 109 cm³/mol. The van der Waals surface area contributed by atoms with Gasteiger partial charge in [-0.15, -0.1) is 0 Å². The number of carbonyl (C=O) groups excluding carboxylic acids is 1. The zero-order chi connectivity index (χ0) is 19.6. The average Bonchev–Trinajstić information content (AvgIpc) is 3.18. The maximum atomic E-state index is 12.9. The Morgan fingerprint density at radius 1 is 1.25 bits per heavy atom. The standard InChI is InChI=1S/C21H19N3O3S/c1-23-20(26)15-10-13-12-5-3-4-6-14(12)22-18(13)19(24(15)21(23)28)11-7-8-16(25)17(9-11)27-2/h3-9,15,19,22,25H,10H2,1-2H3/t15-,19+/m1/s1. The number of nitrogens with one attached hydrogen (secondary N) is 1. The molecule has 6 nitrogen and oxygen atoms in total. The lowest BCUT2D eigenvalue weighted by Gasteiger charge is -2.37. The minimum Gasteiger partial charge on any atom is -0.504 e. The number of carbonyl (C=O) groups is 1. The third-order valence-corrected chi connectivity index (χ3v) is 6.26. The van der Waals surface area contributed by atoms with Crippen LogP contribution in [0.25, 0.3) is 10.9 Å². The zero-order valence-electron chi connectivity index (χ0n) is 15.5. The second-order valence-electron chi connectivity index (χ2n) is 7.20. The number of nitrogens with zero attached hydrogens (tertiary/aromatic N) is 2. The van der Waals surface area contributed by atoms with Crippen LogP contribution in [0.2, 0.25) is 0 Å². The Morgan fingerprint density at radius 2 is 2.04 bits per heavy atom. The molecule has 5 rings (SSSR count). The molecule has 0 spiro atoms. The van der Waals surface area contributed by atoms with Crippen LogP contribution in [0, 0.1) is 0 Å². The summed E-state index contributed by atoms with van der Waals surface area (Å²) in [4.78, 5) is 20.0. The topological polar surface area (TPSA) is 68.8 Å². The van der Waals surface area contributed by atoms with Gasteiger partial charge in [0.25, 0.3) is 5.91 Å². The molecule has 28 heavy (non-hydrogen) atoms. The van der Waals surface area contributed by atoms with Crippen molar-refractivity contribution in [3.05, 3.63) is 59.3 Å². The minimum atomic E-state index is -0.339. The number of aromatic amines is 1. The van der Waals surface area contributed by atoms with E-state index < -0.39 is 0 Å². The lowest BCUT2D eigenvalue weighted by Crippen LogP contribution is -2.44. The number of fused-ring (bicyclic) bond motifs is 4. The van der Waals surface area contributed by atoms with Crippen LogP contribution in [0.15, 0.2) is 42.5 Å². The number of para-hydroxylation sites is 1. The molecule has 1 aromatic heterocycles. The van der Waals surface area contributed by atoms with Crippen LogP contribution in [-0.2, 0) is 11.2 Å². The summed E-state index contributed by atoms with van der Waals surface area (Å²) in [5.74, 6) is 0.478. The van der Waals surface area contributed by atoms with E-state index in [2.05, 4.69) is 11.1 Å². The first kappa shape index (κ1) is 17.1. The van der Waals surface area contributed by atoms with Crippen molar-refractivity contribution < 1.29 is 14.6 Å². The minimum absolute atomic E-state index is 0.0108. The van der Waals surface area contributed by atoms with Gasteiger partial charge < -0.3 is 19.7 Å². The highest BCUT2D eigenvalue weighted by atomic mass is 32.1. The van der Waals surface area contributed by atoms with Crippen molar-refractivity contribution in [3.8, 4) is 11.5 Å². The van der Waals surface area contributed by atoms with Crippen molar-refractivity contribution in [2.75, 3.05) is 14.2 Å². The van der Waals surface area contributed by atoms with Crippen molar-refractivity contribution >= 4 is 34.1 Å². The third kappa shape index (κ3) is 2.19. The number of amides is 1. The van der Waals surface area contributed by atoms with E-state index in [1.165, 1.54) is 7.11 Å². The SMILES string of the molecule is COc1cc([C@H]2c3[nH]c4ccccc4c3C[C@@H]3C(=O)N(C)C(=S)N23)ccc1O. The molecule has 142 valence electrons. The van der Waals surface area contributed by atoms with Gasteiger partial charge in [0.2, 0.25) is 0 Å². The Labute approximate surface area is 167 Å². The largest absolute Gasteiger partial charge is 0.504 e. The van der Waals surface area contributed by atoms with E-state index >= 15 is 0 Å². The molecule has 0 bridgehead atoms. The molecule has 1 fully saturated rings. The normalized spacial score (nSPS) is 21.2. The molecule has 2 aromatic carbocycles. The number of H-pyrrole nitrogens is 1. The number of benzene rings is 2. The highest BCUT2D eigenvalue weighted by Crippen LogP contribution is 2.45. The van der Waals surface area contributed by atoms with Crippen LogP contribution in [0.3, 0.4) is 0 Å². The number of aromatic nitrogens is 1. The molecule has 1 amide bonds. The fourth-order valence-electron chi connectivity index (χ4n) is 4.42. The molecule has 0 unspecified atom stereocenters. The molecule has 7 heteroatoms. The van der Waals surface area contributed by atoms with Crippen LogP contribution >= 0.6 is 12.2 Å². The monoisotopic (exact) mass is 393 g/mol. The molecule has 1 saturated heterocycles. The Hall–Kier alpha value is -3.06. The van der Waals surface area contributed by atoms with Gasteiger partial charge in [0, 0.05) is 30.1 Å². The highest BCUT2D eigenvalue weighted by Gasteiger charge is 2.49. The zero-order valence-corrected chi connectivity index (χ0v) is 16.3. The Morgan fingerprint density at radius 3 is 2.82 bits per heavy atom. The van der Waals surface area contributed by atoms with E-state index in [4.69, 9.17) is 17.0 Å². The Balaban J connectivity index is 1.77. The smallest absolute Gasteiger partial charge is 0.251 e. The summed E-state index contributed by atoms with van der Waals surface area (Å²) in [5.41, 5.74) is 4.10. The number of methoxy groups -OCH3 is 1. The number of phenols is 1. The molecule has 2 aliphatic heterocycles. The van der Waals surface area contributed by atoms with Crippen molar-refractivity contribution in [2.45, 2.75) is 18.5 Å². The van der Waals surface area contributed by atoms with Crippen LogP contribution in [0.4, 0.5) is 0 Å². The first-order valence-corrected chi connectivity index (χ1v) is 9.48. The summed E-state index contributed by atoms with van der Waals surface area (Å²) in [7, 11) is 3.25. The van der Waals surface area contributed by atoms with Gasteiger partial charge >= 0.3 is 0 Å². The lowest BCUT2D eigenvalue weighted by molar-refractivity contribution is -0.127. The number of hydrogen-bond acceptors (Lipinski definition) is 4. The maximum absolute atomic E-state index is 12.9. The molecule has 0 aliphatic carbocycles. The van der Waals surface area contributed by atoms with E-state index in [1.807, 2.05) is 35.2 Å². The summed E-state index contributed by atoms with van der Waals surface area (Å²) in [6, 6.07) is 12.8. The van der Waals surface area contributed by atoms with Crippen LogP contribution < -0.4 is 4.74 Å². The highest BCUT2D eigenvalue weighted by molar-refractivity contribution is 7.80. The molecule has 3 aromatic rings. The quantitative estimate of drug-likeness (QED) is 0.655. The second kappa shape index (κ2) is 5.97. The van der Waals surface area contributed by atoms with Crippen LogP contribution in [0.5, 0.6) is 11.5 Å². The van der Waals surface area contributed by atoms with Gasteiger partial charge in [-0.05, 0) is 41.5 Å². The van der Waals surface area contributed by atoms with Gasteiger partial charge in [-0.1, -0.05) is 24.3 Å². The van der Waals surface area contributed by atoms with Crippen molar-refractivity contribution in [1.82, 2.24) is 14.8 Å². The summed E-state index contributed by atoms with van der Waals surface area (Å²) < 4.78 is 5.31. The van der Waals surface area contributed by atoms with E-state index in [-0.39, 0.29) is 23.7 Å². The number of thiocarbonyl (C=S) groups is 1. The molecule has 2 atom stereocenters. The molecular weight excluding hydrogens is 374 g/mol. The summed E-state index contributed by atoms with van der Waals surface area (Å²) in [6.07, 6.45) is 0.606. The van der Waals surface area contributed by atoms with Gasteiger partial charge in [0.1, 0.15) is 6.04 Å². The molecule has 0 saturated carbocycles. The van der Waals surface area contributed by atoms with Gasteiger partial charge in [-0.2, -0.15) is 0 Å². The molecule has 2 aliphatic rings. The number of rotatable bonds is 2. The van der Waals surface area contributed by atoms with Gasteiger partial charge in [0.05, 0.1) is 13.2 Å². The van der Waals surface area contributed by atoms with Gasteiger partial charge in [-0.3, -0.25) is 9.69 Å². The Bertz CT molecular complexity index is 1140. The third-order valence-electron chi connectivity index (χ3n) is 5.77. The molecule has 3 heterocycles. The average molecular weight is 393 g/mol. The number of ether oxygens (including phenoxy) is 1. The lowest BCUT2D eigenvalue weighted by atomic mass is 9.89. The van der Waals surface area contributed by atoms with Gasteiger partial charge in [0.15, 0.2) is 16.6 Å². The summed E-state index contributed by atoms with van der Waals surface area (Å²) in [6.45, 7) is 0. The maximum Gasteiger partial charge on any atom is 0.251 e. The van der Waals surface area contributed by atoms with E-state index in [0.29, 0.717) is 17.3 Å². The predicted octanol–water partition coefficient (Wildman–Crippen LogP) is 2.96. The van der Waals surface area contributed by atoms with Gasteiger partial charge in [-0.25, -0.2) is 0 Å². The van der Waals surface area contributed by atoms with E-state index in [0.717, 1.165) is 27.7 Å². The summed E-state index contributed by atoms with van der Waals surface area (Å²) >= 11 is 5.63.